The van der Waals surface area contributed by atoms with Crippen LogP contribution in [0.15, 0.2) is 24.8 Å². The molecule has 1 atom stereocenters. The van der Waals surface area contributed by atoms with E-state index in [1.54, 1.807) is 11.0 Å². The van der Waals surface area contributed by atoms with Crippen LogP contribution >= 0.6 is 0 Å². The van der Waals surface area contributed by atoms with Gasteiger partial charge >= 0.3 is 0 Å². The minimum atomic E-state index is -0.176. The molecule has 5 nitrogen and oxygen atoms in total. The number of hydrogen-bond donors (Lipinski definition) is 0. The first kappa shape index (κ1) is 15.8. The highest BCUT2D eigenvalue weighted by Gasteiger charge is 2.36. The average Bonchev–Trinajstić information content (AvgIpc) is 2.80. The molecule has 2 aliphatic rings. The van der Waals surface area contributed by atoms with Crippen LogP contribution in [0, 0.1) is 5.92 Å². The van der Waals surface area contributed by atoms with Gasteiger partial charge in [0.1, 0.15) is 0 Å². The molecule has 1 unspecified atom stereocenters. The Morgan fingerprint density at radius 3 is 2.57 bits per heavy atom. The lowest BCUT2D eigenvalue weighted by Crippen LogP contribution is -2.50. The maximum absolute atomic E-state index is 12.5. The van der Waals surface area contributed by atoms with Gasteiger partial charge < -0.3 is 9.80 Å². The molecule has 0 aromatic heterocycles. The zero-order valence-electron chi connectivity index (χ0n) is 12.9. The maximum atomic E-state index is 12.5. The Hall–Kier alpha value is -1.62. The van der Waals surface area contributed by atoms with E-state index in [2.05, 4.69) is 18.1 Å². The molecule has 21 heavy (non-hydrogen) atoms. The molecule has 0 bridgehead atoms. The molecular weight excluding hydrogens is 266 g/mol. The third kappa shape index (κ3) is 3.94. The van der Waals surface area contributed by atoms with Crippen molar-refractivity contribution in [1.82, 2.24) is 14.7 Å². The highest BCUT2D eigenvalue weighted by Crippen LogP contribution is 2.20. The van der Waals surface area contributed by atoms with Crippen LogP contribution in [0.2, 0.25) is 0 Å². The fourth-order valence-corrected chi connectivity index (χ4v) is 3.04. The Kier molecular flexibility index (Phi) is 5.17. The number of piperazine rings is 1. The summed E-state index contributed by atoms with van der Waals surface area (Å²) < 4.78 is 0. The molecular formula is C16H25N3O2. The Labute approximate surface area is 126 Å². The van der Waals surface area contributed by atoms with Gasteiger partial charge in [0.25, 0.3) is 0 Å². The van der Waals surface area contributed by atoms with E-state index in [9.17, 15) is 9.59 Å². The molecule has 0 saturated carbocycles. The van der Waals surface area contributed by atoms with Crippen LogP contribution in [0.5, 0.6) is 0 Å². The molecule has 0 radical (unpaired) electrons. The molecule has 0 aromatic carbocycles. The first-order valence-corrected chi connectivity index (χ1v) is 7.55. The van der Waals surface area contributed by atoms with Crippen LogP contribution in [-0.4, -0.2) is 72.3 Å². The van der Waals surface area contributed by atoms with E-state index in [0.29, 0.717) is 19.5 Å². The van der Waals surface area contributed by atoms with Gasteiger partial charge in [-0.15, -0.1) is 6.58 Å². The van der Waals surface area contributed by atoms with Crippen LogP contribution in [0.1, 0.15) is 13.3 Å². The van der Waals surface area contributed by atoms with Gasteiger partial charge in [0.2, 0.25) is 11.8 Å². The average molecular weight is 291 g/mol. The van der Waals surface area contributed by atoms with Gasteiger partial charge in [-0.3, -0.25) is 14.5 Å². The molecule has 2 aliphatic heterocycles. The number of nitrogens with zero attached hydrogens (tertiary/aromatic N) is 3. The summed E-state index contributed by atoms with van der Waals surface area (Å²) in [5.41, 5.74) is 1.15. The van der Waals surface area contributed by atoms with Crippen LogP contribution in [0.3, 0.4) is 0 Å². The molecule has 2 fully saturated rings. The van der Waals surface area contributed by atoms with Crippen molar-refractivity contribution in [3.8, 4) is 0 Å². The van der Waals surface area contributed by atoms with Crippen molar-refractivity contribution in [2.75, 3.05) is 45.8 Å². The lowest BCUT2D eigenvalue weighted by Gasteiger charge is -2.35. The van der Waals surface area contributed by atoms with E-state index < -0.39 is 0 Å². The van der Waals surface area contributed by atoms with Gasteiger partial charge in [-0.2, -0.15) is 0 Å². The minimum absolute atomic E-state index is 0.0640. The fraction of sp³-hybridized carbons (Fsp3) is 0.625. The largest absolute Gasteiger partial charge is 0.340 e. The van der Waals surface area contributed by atoms with E-state index in [4.69, 9.17) is 0 Å². The Morgan fingerprint density at radius 1 is 1.33 bits per heavy atom. The summed E-state index contributed by atoms with van der Waals surface area (Å²) in [6, 6.07) is 0. The minimum Gasteiger partial charge on any atom is -0.340 e. The number of rotatable bonds is 5. The van der Waals surface area contributed by atoms with E-state index in [1.807, 2.05) is 11.8 Å². The number of carbonyl (C=O) groups is 2. The molecule has 0 N–H and O–H groups in total. The second-order valence-corrected chi connectivity index (χ2v) is 6.05. The molecule has 0 aliphatic carbocycles. The third-order valence-corrected chi connectivity index (χ3v) is 4.09. The molecule has 0 spiro atoms. The van der Waals surface area contributed by atoms with Gasteiger partial charge in [0, 0.05) is 52.2 Å². The summed E-state index contributed by atoms with van der Waals surface area (Å²) in [6.45, 7) is 14.8. The van der Waals surface area contributed by atoms with Crippen molar-refractivity contribution in [1.29, 1.82) is 0 Å². The second kappa shape index (κ2) is 6.89. The highest BCUT2D eigenvalue weighted by atomic mass is 16.2. The summed E-state index contributed by atoms with van der Waals surface area (Å²) in [7, 11) is 0. The molecule has 5 heteroatoms. The van der Waals surface area contributed by atoms with Crippen molar-refractivity contribution >= 4 is 11.8 Å². The number of amides is 2. The van der Waals surface area contributed by atoms with Crippen molar-refractivity contribution in [3.05, 3.63) is 24.8 Å². The van der Waals surface area contributed by atoms with Crippen LogP contribution in [-0.2, 0) is 9.59 Å². The number of hydrogen-bond acceptors (Lipinski definition) is 3. The SMILES string of the molecule is C=CCN1CC(C(=O)N2CCN(CC(=C)C)CC2)CC1=O. The normalized spacial score (nSPS) is 23.5. The summed E-state index contributed by atoms with van der Waals surface area (Å²) in [5, 5.41) is 0. The lowest BCUT2D eigenvalue weighted by molar-refractivity contribution is -0.137. The Morgan fingerprint density at radius 2 is 2.00 bits per heavy atom. The van der Waals surface area contributed by atoms with E-state index in [0.717, 1.165) is 38.3 Å². The number of carbonyl (C=O) groups excluding carboxylic acids is 2. The smallest absolute Gasteiger partial charge is 0.228 e. The fourth-order valence-electron chi connectivity index (χ4n) is 3.04. The zero-order valence-corrected chi connectivity index (χ0v) is 12.9. The quantitative estimate of drug-likeness (QED) is 0.702. The Balaban J connectivity index is 1.84. The number of likely N-dealkylation sites (tertiary alicyclic amines) is 1. The monoisotopic (exact) mass is 291 g/mol. The molecule has 2 heterocycles. The van der Waals surface area contributed by atoms with Crippen molar-refractivity contribution in [2.45, 2.75) is 13.3 Å². The van der Waals surface area contributed by atoms with E-state index >= 15 is 0 Å². The highest BCUT2D eigenvalue weighted by molar-refractivity contribution is 5.89. The van der Waals surface area contributed by atoms with Crippen molar-refractivity contribution in [2.24, 2.45) is 5.92 Å². The maximum Gasteiger partial charge on any atom is 0.228 e. The lowest BCUT2D eigenvalue weighted by atomic mass is 10.1. The summed E-state index contributed by atoms with van der Waals surface area (Å²) in [4.78, 5) is 30.3. The summed E-state index contributed by atoms with van der Waals surface area (Å²) >= 11 is 0. The van der Waals surface area contributed by atoms with E-state index in [1.165, 1.54) is 0 Å². The first-order chi connectivity index (χ1) is 10.0. The van der Waals surface area contributed by atoms with Gasteiger partial charge in [0.05, 0.1) is 5.92 Å². The van der Waals surface area contributed by atoms with Crippen molar-refractivity contribution < 1.29 is 9.59 Å². The topological polar surface area (TPSA) is 43.9 Å². The van der Waals surface area contributed by atoms with Gasteiger partial charge in [-0.25, -0.2) is 0 Å². The van der Waals surface area contributed by atoms with Crippen LogP contribution < -0.4 is 0 Å². The predicted molar refractivity (Wildman–Crippen MR) is 82.7 cm³/mol. The van der Waals surface area contributed by atoms with Gasteiger partial charge in [-0.1, -0.05) is 18.2 Å². The van der Waals surface area contributed by atoms with Gasteiger partial charge in [0.15, 0.2) is 0 Å². The third-order valence-electron chi connectivity index (χ3n) is 4.09. The molecule has 116 valence electrons. The second-order valence-electron chi connectivity index (χ2n) is 6.05. The first-order valence-electron chi connectivity index (χ1n) is 7.55. The standard InChI is InChI=1S/C16H25N3O2/c1-4-5-19-12-14(10-15(19)20)16(21)18-8-6-17(7-9-18)11-13(2)3/h4,14H,1-2,5-12H2,3H3. The van der Waals surface area contributed by atoms with Gasteiger partial charge in [-0.05, 0) is 6.92 Å². The van der Waals surface area contributed by atoms with E-state index in [-0.39, 0.29) is 17.7 Å². The molecule has 0 aromatic rings. The van der Waals surface area contributed by atoms with Crippen molar-refractivity contribution in [3.63, 3.8) is 0 Å². The molecule has 2 amide bonds. The predicted octanol–water partition coefficient (Wildman–Crippen LogP) is 0.741. The Bertz CT molecular complexity index is 439. The zero-order chi connectivity index (χ0) is 15.4. The summed E-state index contributed by atoms with van der Waals surface area (Å²) in [6.07, 6.45) is 2.06. The van der Waals surface area contributed by atoms with Crippen LogP contribution in [0.25, 0.3) is 0 Å². The van der Waals surface area contributed by atoms with Crippen LogP contribution in [0.4, 0.5) is 0 Å². The summed E-state index contributed by atoms with van der Waals surface area (Å²) in [5.74, 6) is 0.0178. The molecule has 2 saturated heterocycles. The molecule has 2 rings (SSSR count).